The fourth-order valence-electron chi connectivity index (χ4n) is 1.83. The molecule has 1 aliphatic rings. The number of hydrogen-bond acceptors (Lipinski definition) is 6. The number of carboxylic acids is 1. The number of carboxylic acid groups (broad SMARTS) is 1. The van der Waals surface area contributed by atoms with Crippen LogP contribution >= 0.6 is 0 Å². The van der Waals surface area contributed by atoms with Gasteiger partial charge in [-0.15, -0.1) is 0 Å². The van der Waals surface area contributed by atoms with Crippen LogP contribution < -0.4 is 10.0 Å². The molecule has 1 amide bonds. The Balaban J connectivity index is 1.97. The number of carbonyl (C=O) groups is 2. The van der Waals surface area contributed by atoms with Crippen LogP contribution in [0.25, 0.3) is 0 Å². The van der Waals surface area contributed by atoms with Crippen molar-refractivity contribution in [3.63, 3.8) is 0 Å². The average molecular weight is 317 g/mol. The number of hydrogen-bond donors (Lipinski definition) is 3. The van der Waals surface area contributed by atoms with Crippen LogP contribution in [0, 0.1) is 0 Å². The molecule has 9 nitrogen and oxygen atoms in total. The molecule has 0 radical (unpaired) electrons. The fraction of sp³-hybridized carbons (Fsp3) is 0.455. The summed E-state index contributed by atoms with van der Waals surface area (Å²) in [6, 6.07) is 2.07. The first kappa shape index (κ1) is 15.5. The first-order chi connectivity index (χ1) is 9.90. The molecule has 1 fully saturated rings. The third-order valence-corrected chi connectivity index (χ3v) is 4.21. The normalized spacial score (nSPS) is 15.9. The number of rotatable bonds is 5. The first-order valence-corrected chi connectivity index (χ1v) is 7.70. The highest BCUT2D eigenvalue weighted by Gasteiger charge is 2.23. The lowest BCUT2D eigenvalue weighted by Crippen LogP contribution is -2.49. The summed E-state index contributed by atoms with van der Waals surface area (Å²) >= 11 is 0. The molecule has 0 aromatic carbocycles. The van der Waals surface area contributed by atoms with Crippen LogP contribution in [0.3, 0.4) is 0 Å². The number of amides is 1. The van der Waals surface area contributed by atoms with Crippen molar-refractivity contribution in [1.82, 2.24) is 14.9 Å². The van der Waals surface area contributed by atoms with E-state index in [2.05, 4.69) is 10.0 Å². The Labute approximate surface area is 121 Å². The van der Waals surface area contributed by atoms with Crippen LogP contribution in [0.5, 0.6) is 0 Å². The highest BCUT2D eigenvalue weighted by molar-refractivity contribution is 7.89. The minimum atomic E-state index is -4.05. The number of nitrogens with zero attached hydrogens (tertiary/aromatic N) is 1. The van der Waals surface area contributed by atoms with Gasteiger partial charge < -0.3 is 19.7 Å². The number of piperazine rings is 1. The van der Waals surface area contributed by atoms with E-state index >= 15 is 0 Å². The fourth-order valence-corrected chi connectivity index (χ4v) is 2.74. The van der Waals surface area contributed by atoms with Crippen molar-refractivity contribution >= 4 is 21.9 Å². The van der Waals surface area contributed by atoms with Gasteiger partial charge in [0.15, 0.2) is 0 Å². The quantitative estimate of drug-likeness (QED) is 0.615. The smallest absolute Gasteiger partial charge is 0.371 e. The second kappa shape index (κ2) is 6.24. The second-order valence-electron chi connectivity index (χ2n) is 4.38. The maximum absolute atomic E-state index is 11.9. The Morgan fingerprint density at radius 2 is 2.00 bits per heavy atom. The maximum atomic E-state index is 11.9. The summed E-state index contributed by atoms with van der Waals surface area (Å²) in [4.78, 5) is 24.0. The SMILES string of the molecule is O=C(O)c1ccc(S(=O)(=O)NCC(=O)N2CCNCC2)o1. The second-order valence-corrected chi connectivity index (χ2v) is 6.08. The lowest BCUT2D eigenvalue weighted by molar-refractivity contribution is -0.130. The van der Waals surface area contributed by atoms with Gasteiger partial charge in [-0.05, 0) is 12.1 Å². The van der Waals surface area contributed by atoms with E-state index in [9.17, 15) is 18.0 Å². The predicted molar refractivity (Wildman–Crippen MR) is 70.3 cm³/mol. The third kappa shape index (κ3) is 3.80. The van der Waals surface area contributed by atoms with Crippen LogP contribution in [0.1, 0.15) is 10.6 Å². The molecule has 2 rings (SSSR count). The first-order valence-electron chi connectivity index (χ1n) is 6.21. The van der Waals surface area contributed by atoms with Gasteiger partial charge in [0, 0.05) is 26.2 Å². The van der Waals surface area contributed by atoms with Crippen molar-refractivity contribution in [3.05, 3.63) is 17.9 Å². The monoisotopic (exact) mass is 317 g/mol. The molecule has 2 heterocycles. The lowest BCUT2D eigenvalue weighted by Gasteiger charge is -2.27. The molecule has 0 aliphatic carbocycles. The van der Waals surface area contributed by atoms with E-state index < -0.39 is 33.4 Å². The Bertz CT molecular complexity index is 632. The molecule has 1 aliphatic heterocycles. The Hall–Kier alpha value is -1.91. The van der Waals surface area contributed by atoms with E-state index in [0.29, 0.717) is 26.2 Å². The maximum Gasteiger partial charge on any atom is 0.371 e. The summed E-state index contributed by atoms with van der Waals surface area (Å²) in [6.45, 7) is 1.97. The van der Waals surface area contributed by atoms with Gasteiger partial charge >= 0.3 is 5.97 Å². The summed E-state index contributed by atoms with van der Waals surface area (Å²) in [7, 11) is -4.05. The summed E-state index contributed by atoms with van der Waals surface area (Å²) in [5, 5.41) is 11.2. The zero-order valence-corrected chi connectivity index (χ0v) is 11.9. The molecule has 1 aromatic rings. The molecular formula is C11H15N3O6S. The van der Waals surface area contributed by atoms with Crippen molar-refractivity contribution in [2.75, 3.05) is 32.7 Å². The van der Waals surface area contributed by atoms with Crippen LogP contribution in [0.4, 0.5) is 0 Å². The highest BCUT2D eigenvalue weighted by atomic mass is 32.2. The molecule has 0 saturated carbocycles. The number of sulfonamides is 1. The van der Waals surface area contributed by atoms with E-state index in [1.165, 1.54) is 0 Å². The molecule has 0 unspecified atom stereocenters. The molecule has 10 heteroatoms. The Morgan fingerprint density at radius 3 is 2.57 bits per heavy atom. The molecule has 116 valence electrons. The van der Waals surface area contributed by atoms with Gasteiger partial charge in [-0.2, -0.15) is 4.72 Å². The van der Waals surface area contributed by atoms with Crippen molar-refractivity contribution in [2.45, 2.75) is 5.09 Å². The molecule has 1 saturated heterocycles. The van der Waals surface area contributed by atoms with Gasteiger partial charge in [-0.25, -0.2) is 13.2 Å². The van der Waals surface area contributed by atoms with Crippen molar-refractivity contribution < 1.29 is 27.5 Å². The number of nitrogens with one attached hydrogen (secondary N) is 2. The predicted octanol–water partition coefficient (Wildman–Crippen LogP) is -1.31. The minimum Gasteiger partial charge on any atom is -0.475 e. The number of carbonyl (C=O) groups excluding carboxylic acids is 1. The van der Waals surface area contributed by atoms with E-state index in [0.717, 1.165) is 12.1 Å². The molecule has 3 N–H and O–H groups in total. The van der Waals surface area contributed by atoms with Crippen LogP contribution in [0.15, 0.2) is 21.6 Å². The van der Waals surface area contributed by atoms with E-state index in [1.807, 2.05) is 0 Å². The van der Waals surface area contributed by atoms with Gasteiger partial charge in [0.2, 0.25) is 16.8 Å². The van der Waals surface area contributed by atoms with E-state index in [-0.39, 0.29) is 5.91 Å². The van der Waals surface area contributed by atoms with E-state index in [4.69, 9.17) is 9.52 Å². The zero-order chi connectivity index (χ0) is 15.5. The van der Waals surface area contributed by atoms with Gasteiger partial charge in [-0.3, -0.25) is 4.79 Å². The van der Waals surface area contributed by atoms with Crippen molar-refractivity contribution in [3.8, 4) is 0 Å². The molecule has 21 heavy (non-hydrogen) atoms. The van der Waals surface area contributed by atoms with Crippen LogP contribution in [0.2, 0.25) is 0 Å². The molecular weight excluding hydrogens is 302 g/mol. The highest BCUT2D eigenvalue weighted by Crippen LogP contribution is 2.13. The lowest BCUT2D eigenvalue weighted by atomic mass is 10.3. The zero-order valence-electron chi connectivity index (χ0n) is 11.0. The number of aromatic carboxylic acids is 1. The largest absolute Gasteiger partial charge is 0.475 e. The molecule has 0 atom stereocenters. The van der Waals surface area contributed by atoms with Gasteiger partial charge in [0.05, 0.1) is 6.54 Å². The molecule has 0 spiro atoms. The Morgan fingerprint density at radius 1 is 1.33 bits per heavy atom. The van der Waals surface area contributed by atoms with Crippen molar-refractivity contribution in [2.24, 2.45) is 0 Å². The van der Waals surface area contributed by atoms with Crippen LogP contribution in [-0.4, -0.2) is 63.0 Å². The summed E-state index contributed by atoms with van der Waals surface area (Å²) < 4.78 is 30.6. The van der Waals surface area contributed by atoms with Gasteiger partial charge in [0.1, 0.15) is 0 Å². The average Bonchev–Trinajstić information content (AvgIpc) is 2.97. The standard InChI is InChI=1S/C11H15N3O6S/c15-9(14-5-3-12-4-6-14)7-13-21(18,19)10-2-1-8(20-10)11(16)17/h1-2,12-13H,3-7H2,(H,16,17). The molecule has 0 bridgehead atoms. The minimum absolute atomic E-state index is 0.343. The Kier molecular flexibility index (Phi) is 4.60. The third-order valence-electron chi connectivity index (χ3n) is 2.94. The topological polar surface area (TPSA) is 129 Å². The number of furan rings is 1. The summed E-state index contributed by atoms with van der Waals surface area (Å²) in [5.41, 5.74) is 0. The van der Waals surface area contributed by atoms with Gasteiger partial charge in [-0.1, -0.05) is 0 Å². The summed E-state index contributed by atoms with van der Waals surface area (Å²) in [5.74, 6) is -2.19. The van der Waals surface area contributed by atoms with Crippen LogP contribution in [-0.2, 0) is 14.8 Å². The molecule has 1 aromatic heterocycles. The van der Waals surface area contributed by atoms with Crippen molar-refractivity contribution in [1.29, 1.82) is 0 Å². The summed E-state index contributed by atoms with van der Waals surface area (Å²) in [6.07, 6.45) is 0. The van der Waals surface area contributed by atoms with Gasteiger partial charge in [0.25, 0.3) is 10.0 Å². The van der Waals surface area contributed by atoms with E-state index in [1.54, 1.807) is 4.90 Å².